The zero-order valence-corrected chi connectivity index (χ0v) is 15.3. The summed E-state index contributed by atoms with van der Waals surface area (Å²) in [7, 11) is 5.53. The fourth-order valence-corrected chi connectivity index (χ4v) is 2.22. The molecule has 0 atom stereocenters. The molecule has 1 amide bonds. The monoisotopic (exact) mass is 363 g/mol. The number of nitrogens with one attached hydrogen (secondary N) is 1. The SMILES string of the molecule is COc1ccc(NC(=O)Cc2ccc(Cl)nc2)cc1OCCN(C)C. The number of carbonyl (C=O) groups is 1. The Bertz CT molecular complexity index is 705. The number of aromatic nitrogens is 1. The van der Waals surface area contributed by atoms with Crippen molar-refractivity contribution in [2.24, 2.45) is 0 Å². The van der Waals surface area contributed by atoms with E-state index < -0.39 is 0 Å². The van der Waals surface area contributed by atoms with Crippen LogP contribution >= 0.6 is 11.6 Å². The highest BCUT2D eigenvalue weighted by Crippen LogP contribution is 2.30. The standard InChI is InChI=1S/C18H22ClN3O3/c1-22(2)8-9-25-16-11-14(5-6-15(16)24-3)21-18(23)10-13-4-7-17(19)20-12-13/h4-7,11-12H,8-10H2,1-3H3,(H,21,23). The molecule has 0 bridgehead atoms. The topological polar surface area (TPSA) is 63.7 Å². The molecule has 134 valence electrons. The molecule has 1 aromatic heterocycles. The van der Waals surface area contributed by atoms with Crippen LogP contribution in [0.2, 0.25) is 5.15 Å². The first-order valence-electron chi connectivity index (χ1n) is 7.84. The van der Waals surface area contributed by atoms with Crippen molar-refractivity contribution >= 4 is 23.2 Å². The molecule has 0 aliphatic carbocycles. The molecule has 2 aromatic rings. The molecule has 0 spiro atoms. The summed E-state index contributed by atoms with van der Waals surface area (Å²) in [6, 6.07) is 8.74. The van der Waals surface area contributed by atoms with Crippen molar-refractivity contribution in [1.29, 1.82) is 0 Å². The predicted molar refractivity (Wildman–Crippen MR) is 98.6 cm³/mol. The van der Waals surface area contributed by atoms with Gasteiger partial charge in [-0.15, -0.1) is 0 Å². The summed E-state index contributed by atoms with van der Waals surface area (Å²) in [4.78, 5) is 18.2. The second kappa shape index (κ2) is 9.25. The van der Waals surface area contributed by atoms with E-state index >= 15 is 0 Å². The fourth-order valence-electron chi connectivity index (χ4n) is 2.11. The number of likely N-dealkylation sites (N-methyl/N-ethyl adjacent to an activating group) is 1. The third kappa shape index (κ3) is 6.25. The Hall–Kier alpha value is -2.31. The third-order valence-electron chi connectivity index (χ3n) is 3.40. The molecule has 2 rings (SSSR count). The first-order chi connectivity index (χ1) is 12.0. The van der Waals surface area contributed by atoms with Gasteiger partial charge in [-0.05, 0) is 37.9 Å². The van der Waals surface area contributed by atoms with E-state index in [9.17, 15) is 4.79 Å². The van der Waals surface area contributed by atoms with Crippen molar-refractivity contribution < 1.29 is 14.3 Å². The fraction of sp³-hybridized carbons (Fsp3) is 0.333. The van der Waals surface area contributed by atoms with Crippen molar-refractivity contribution in [3.05, 3.63) is 47.2 Å². The highest BCUT2D eigenvalue weighted by Gasteiger charge is 2.09. The van der Waals surface area contributed by atoms with Crippen LogP contribution in [0.4, 0.5) is 5.69 Å². The number of pyridine rings is 1. The minimum atomic E-state index is -0.145. The summed E-state index contributed by atoms with van der Waals surface area (Å²) in [5, 5.41) is 3.25. The van der Waals surface area contributed by atoms with Crippen molar-refractivity contribution in [1.82, 2.24) is 9.88 Å². The molecule has 1 aromatic carbocycles. The van der Waals surface area contributed by atoms with Gasteiger partial charge < -0.3 is 19.7 Å². The average Bonchev–Trinajstić information content (AvgIpc) is 2.57. The number of ether oxygens (including phenoxy) is 2. The lowest BCUT2D eigenvalue weighted by molar-refractivity contribution is -0.115. The largest absolute Gasteiger partial charge is 0.493 e. The molecule has 0 unspecified atom stereocenters. The molecule has 1 N–H and O–H groups in total. The maximum absolute atomic E-state index is 12.2. The maximum atomic E-state index is 12.2. The van der Waals surface area contributed by atoms with Crippen LogP contribution in [0.25, 0.3) is 0 Å². The van der Waals surface area contributed by atoms with E-state index in [-0.39, 0.29) is 12.3 Å². The molecular formula is C18H22ClN3O3. The lowest BCUT2D eigenvalue weighted by atomic mass is 10.2. The van der Waals surface area contributed by atoms with Crippen LogP contribution in [0.15, 0.2) is 36.5 Å². The Balaban J connectivity index is 2.00. The summed E-state index contributed by atoms with van der Waals surface area (Å²) in [5.74, 6) is 1.07. The number of nitrogens with zero attached hydrogens (tertiary/aromatic N) is 2. The number of benzene rings is 1. The van der Waals surface area contributed by atoms with Gasteiger partial charge in [0.2, 0.25) is 5.91 Å². The van der Waals surface area contributed by atoms with E-state index in [1.165, 1.54) is 0 Å². The molecule has 0 aliphatic rings. The molecule has 1 heterocycles. The van der Waals surface area contributed by atoms with Gasteiger partial charge in [0.05, 0.1) is 13.5 Å². The van der Waals surface area contributed by atoms with Crippen LogP contribution in [0.1, 0.15) is 5.56 Å². The van der Waals surface area contributed by atoms with Crippen molar-refractivity contribution in [3.8, 4) is 11.5 Å². The van der Waals surface area contributed by atoms with E-state index in [1.807, 2.05) is 19.0 Å². The van der Waals surface area contributed by atoms with E-state index in [0.29, 0.717) is 28.9 Å². The molecule has 0 saturated heterocycles. The summed E-state index contributed by atoms with van der Waals surface area (Å²) in [6.07, 6.45) is 1.80. The van der Waals surface area contributed by atoms with Crippen LogP contribution in [0, 0.1) is 0 Å². The second-order valence-electron chi connectivity index (χ2n) is 5.73. The van der Waals surface area contributed by atoms with E-state index in [1.54, 1.807) is 43.6 Å². The van der Waals surface area contributed by atoms with Crippen LogP contribution in [0.3, 0.4) is 0 Å². The smallest absolute Gasteiger partial charge is 0.228 e. The molecule has 25 heavy (non-hydrogen) atoms. The summed E-state index contributed by atoms with van der Waals surface area (Å²) in [5.41, 5.74) is 1.44. The minimum Gasteiger partial charge on any atom is -0.493 e. The van der Waals surface area contributed by atoms with Crippen molar-refractivity contribution in [2.45, 2.75) is 6.42 Å². The van der Waals surface area contributed by atoms with E-state index in [4.69, 9.17) is 21.1 Å². The van der Waals surface area contributed by atoms with Crippen LogP contribution in [-0.2, 0) is 11.2 Å². The normalized spacial score (nSPS) is 10.6. The van der Waals surface area contributed by atoms with E-state index in [0.717, 1.165) is 12.1 Å². The zero-order chi connectivity index (χ0) is 18.2. The predicted octanol–water partition coefficient (Wildman–Crippen LogP) is 2.87. The van der Waals surface area contributed by atoms with Crippen LogP contribution in [-0.4, -0.2) is 50.1 Å². The van der Waals surface area contributed by atoms with Gasteiger partial charge in [-0.1, -0.05) is 17.7 Å². The number of hydrogen-bond acceptors (Lipinski definition) is 5. The van der Waals surface area contributed by atoms with Crippen molar-refractivity contribution in [3.63, 3.8) is 0 Å². The Morgan fingerprint density at radius 1 is 1.24 bits per heavy atom. The Morgan fingerprint density at radius 3 is 2.68 bits per heavy atom. The first-order valence-corrected chi connectivity index (χ1v) is 8.21. The number of hydrogen-bond donors (Lipinski definition) is 1. The average molecular weight is 364 g/mol. The number of amides is 1. The Kier molecular flexibility index (Phi) is 7.03. The number of halogens is 1. The highest BCUT2D eigenvalue weighted by molar-refractivity contribution is 6.29. The van der Waals surface area contributed by atoms with Crippen molar-refractivity contribution in [2.75, 3.05) is 39.7 Å². The molecule has 0 fully saturated rings. The molecule has 0 aliphatic heterocycles. The van der Waals surface area contributed by atoms with Gasteiger partial charge in [-0.3, -0.25) is 4.79 Å². The highest BCUT2D eigenvalue weighted by atomic mass is 35.5. The summed E-state index contributed by atoms with van der Waals surface area (Å²) >= 11 is 5.74. The minimum absolute atomic E-state index is 0.145. The third-order valence-corrected chi connectivity index (χ3v) is 3.62. The van der Waals surface area contributed by atoms with Crippen LogP contribution in [0.5, 0.6) is 11.5 Å². The van der Waals surface area contributed by atoms with Gasteiger partial charge in [-0.25, -0.2) is 4.98 Å². The zero-order valence-electron chi connectivity index (χ0n) is 14.6. The second-order valence-corrected chi connectivity index (χ2v) is 6.12. The van der Waals surface area contributed by atoms with Gasteiger partial charge in [0.25, 0.3) is 0 Å². The first kappa shape index (κ1) is 19.0. The Labute approximate surface area is 152 Å². The lowest BCUT2D eigenvalue weighted by Crippen LogP contribution is -2.19. The number of methoxy groups -OCH3 is 1. The van der Waals surface area contributed by atoms with Gasteiger partial charge in [0.1, 0.15) is 11.8 Å². The van der Waals surface area contributed by atoms with Gasteiger partial charge in [-0.2, -0.15) is 0 Å². The van der Waals surface area contributed by atoms with Crippen LogP contribution < -0.4 is 14.8 Å². The van der Waals surface area contributed by atoms with E-state index in [2.05, 4.69) is 10.3 Å². The molecular weight excluding hydrogens is 342 g/mol. The molecule has 0 radical (unpaired) electrons. The number of rotatable bonds is 8. The lowest BCUT2D eigenvalue weighted by Gasteiger charge is -2.15. The van der Waals surface area contributed by atoms with Gasteiger partial charge >= 0.3 is 0 Å². The van der Waals surface area contributed by atoms with Gasteiger partial charge in [0.15, 0.2) is 11.5 Å². The number of carbonyl (C=O) groups excluding carboxylic acids is 1. The van der Waals surface area contributed by atoms with Gasteiger partial charge in [0, 0.05) is 24.5 Å². The Morgan fingerprint density at radius 2 is 2.04 bits per heavy atom. The molecule has 7 heteroatoms. The molecule has 6 nitrogen and oxygen atoms in total. The summed E-state index contributed by atoms with van der Waals surface area (Å²) in [6.45, 7) is 1.31. The summed E-state index contributed by atoms with van der Waals surface area (Å²) < 4.78 is 11.0. The number of anilines is 1. The quantitative estimate of drug-likeness (QED) is 0.731. The molecule has 0 saturated carbocycles. The maximum Gasteiger partial charge on any atom is 0.228 e.